The van der Waals surface area contributed by atoms with Crippen molar-refractivity contribution in [3.63, 3.8) is 0 Å². The molecular formula is C6H12N2S. The van der Waals surface area contributed by atoms with Crippen LogP contribution in [0.2, 0.25) is 0 Å². The van der Waals surface area contributed by atoms with Gasteiger partial charge in [0.05, 0.1) is 0 Å². The van der Waals surface area contributed by atoms with Gasteiger partial charge in [-0.1, -0.05) is 11.8 Å². The number of hydrogen-bond acceptors (Lipinski definition) is 2. The number of rotatable bonds is 0. The van der Waals surface area contributed by atoms with Crippen LogP contribution in [0, 0.1) is 0 Å². The third-order valence-electron chi connectivity index (χ3n) is 1.29. The molecule has 1 aliphatic rings. The quantitative estimate of drug-likeness (QED) is 0.550. The molecule has 0 atom stereocenters. The second kappa shape index (κ2) is 3.77. The van der Waals surface area contributed by atoms with Gasteiger partial charge in [0.2, 0.25) is 0 Å². The fourth-order valence-corrected chi connectivity index (χ4v) is 1.66. The van der Waals surface area contributed by atoms with Crippen LogP contribution < -0.4 is 5.32 Å². The van der Waals surface area contributed by atoms with Gasteiger partial charge in [-0.3, -0.25) is 4.99 Å². The normalized spacial score (nSPS) is 25.2. The van der Waals surface area contributed by atoms with Gasteiger partial charge in [0, 0.05) is 19.3 Å². The number of hydrogen-bond donors (Lipinski definition) is 1. The van der Waals surface area contributed by atoms with Crippen molar-refractivity contribution in [2.45, 2.75) is 12.8 Å². The lowest BCUT2D eigenvalue weighted by molar-refractivity contribution is 0.773. The Kier molecular flexibility index (Phi) is 2.91. The number of nitrogens with one attached hydrogen (secondary N) is 1. The molecule has 0 aromatic carbocycles. The molecule has 2 nitrogen and oxygen atoms in total. The molecule has 1 fully saturated rings. The molecule has 0 amide bonds. The minimum absolute atomic E-state index is 1.10. The van der Waals surface area contributed by atoms with E-state index in [0.29, 0.717) is 0 Å². The predicted octanol–water partition coefficient (Wildman–Crippen LogP) is 1.09. The first-order chi connectivity index (χ1) is 4.43. The van der Waals surface area contributed by atoms with Gasteiger partial charge in [0.25, 0.3) is 0 Å². The molecule has 0 aromatic heterocycles. The number of thioether (sulfide) groups is 1. The molecule has 0 aliphatic carbocycles. The van der Waals surface area contributed by atoms with E-state index < -0.39 is 0 Å². The molecule has 1 rings (SSSR count). The average molecular weight is 144 g/mol. The van der Waals surface area contributed by atoms with Crippen molar-refractivity contribution < 1.29 is 0 Å². The molecule has 1 N–H and O–H groups in total. The highest BCUT2D eigenvalue weighted by molar-refractivity contribution is 8.13. The summed E-state index contributed by atoms with van der Waals surface area (Å²) in [5.74, 6) is 1.22. The molecule has 0 unspecified atom stereocenters. The topological polar surface area (TPSA) is 24.4 Å². The minimum atomic E-state index is 1.10. The summed E-state index contributed by atoms with van der Waals surface area (Å²) in [5.41, 5.74) is 0. The van der Waals surface area contributed by atoms with Crippen LogP contribution in [0.1, 0.15) is 12.8 Å². The number of aliphatic imine (C=N–C) groups is 1. The van der Waals surface area contributed by atoms with Gasteiger partial charge in [-0.05, 0) is 12.8 Å². The summed E-state index contributed by atoms with van der Waals surface area (Å²) in [5, 5.41) is 4.35. The van der Waals surface area contributed by atoms with Crippen LogP contribution in [0.4, 0.5) is 0 Å². The zero-order valence-electron chi connectivity index (χ0n) is 5.68. The van der Waals surface area contributed by atoms with E-state index in [9.17, 15) is 0 Å². The number of amidine groups is 1. The Morgan fingerprint density at radius 2 is 2.44 bits per heavy atom. The molecule has 0 radical (unpaired) electrons. The van der Waals surface area contributed by atoms with E-state index in [-0.39, 0.29) is 0 Å². The lowest BCUT2D eigenvalue weighted by atomic mass is 10.3. The van der Waals surface area contributed by atoms with Gasteiger partial charge in [-0.15, -0.1) is 0 Å². The Morgan fingerprint density at radius 3 is 3.22 bits per heavy atom. The van der Waals surface area contributed by atoms with Gasteiger partial charge in [-0.25, -0.2) is 0 Å². The van der Waals surface area contributed by atoms with Gasteiger partial charge in [0.1, 0.15) is 0 Å². The summed E-state index contributed by atoms with van der Waals surface area (Å²) < 4.78 is 0. The van der Waals surface area contributed by atoms with Crippen molar-refractivity contribution in [3.05, 3.63) is 0 Å². The molecular weight excluding hydrogens is 132 g/mol. The zero-order valence-corrected chi connectivity index (χ0v) is 6.50. The summed E-state index contributed by atoms with van der Waals surface area (Å²) in [6, 6.07) is 0. The van der Waals surface area contributed by atoms with Crippen LogP contribution in [0.5, 0.6) is 0 Å². The van der Waals surface area contributed by atoms with E-state index in [1.807, 2.05) is 18.8 Å². The minimum Gasteiger partial charge on any atom is -0.365 e. The smallest absolute Gasteiger partial charge is 0.156 e. The van der Waals surface area contributed by atoms with Gasteiger partial charge >= 0.3 is 0 Å². The molecule has 0 spiro atoms. The van der Waals surface area contributed by atoms with Crippen LogP contribution in [-0.4, -0.2) is 24.5 Å². The van der Waals surface area contributed by atoms with Gasteiger partial charge < -0.3 is 5.32 Å². The largest absolute Gasteiger partial charge is 0.365 e. The van der Waals surface area contributed by atoms with Crippen molar-refractivity contribution in [1.82, 2.24) is 5.32 Å². The van der Waals surface area contributed by atoms with E-state index in [4.69, 9.17) is 0 Å². The summed E-state index contributed by atoms with van der Waals surface area (Å²) in [6.07, 6.45) is 2.60. The van der Waals surface area contributed by atoms with Crippen molar-refractivity contribution in [1.29, 1.82) is 0 Å². The molecule has 0 bridgehead atoms. The fourth-order valence-electron chi connectivity index (χ4n) is 0.786. The first kappa shape index (κ1) is 6.93. The highest BCUT2D eigenvalue weighted by Gasteiger charge is 2.02. The van der Waals surface area contributed by atoms with Crippen molar-refractivity contribution in [2.24, 2.45) is 4.99 Å². The predicted molar refractivity (Wildman–Crippen MR) is 43.1 cm³/mol. The molecule has 52 valence electrons. The second-order valence-electron chi connectivity index (χ2n) is 2.01. The Morgan fingerprint density at radius 1 is 1.56 bits per heavy atom. The van der Waals surface area contributed by atoms with E-state index >= 15 is 0 Å². The van der Waals surface area contributed by atoms with Crippen LogP contribution in [0.25, 0.3) is 0 Å². The summed E-state index contributed by atoms with van der Waals surface area (Å²) >= 11 is 1.82. The molecule has 1 saturated heterocycles. The number of nitrogens with zero attached hydrogens (tertiary/aromatic N) is 1. The van der Waals surface area contributed by atoms with Crippen LogP contribution in [-0.2, 0) is 0 Å². The molecule has 1 heterocycles. The Bertz CT molecular complexity index is 102. The first-order valence-corrected chi connectivity index (χ1v) is 4.25. The van der Waals surface area contributed by atoms with Crippen molar-refractivity contribution in [3.8, 4) is 0 Å². The lowest BCUT2D eigenvalue weighted by Gasteiger charge is -1.99. The SMILES string of the molecule is CN=C1NCCCCS1. The van der Waals surface area contributed by atoms with Gasteiger partial charge in [0.15, 0.2) is 5.17 Å². The highest BCUT2D eigenvalue weighted by Crippen LogP contribution is 2.08. The molecule has 9 heavy (non-hydrogen) atoms. The summed E-state index contributed by atoms with van der Waals surface area (Å²) in [4.78, 5) is 4.08. The van der Waals surface area contributed by atoms with E-state index in [0.717, 1.165) is 11.7 Å². The maximum absolute atomic E-state index is 4.08. The fraction of sp³-hybridized carbons (Fsp3) is 0.833. The molecule has 0 saturated carbocycles. The molecule has 3 heteroatoms. The van der Waals surface area contributed by atoms with Crippen LogP contribution in [0.3, 0.4) is 0 Å². The Balaban J connectivity index is 2.36. The zero-order chi connectivity index (χ0) is 6.53. The van der Waals surface area contributed by atoms with E-state index in [1.165, 1.54) is 18.6 Å². The molecule has 0 aromatic rings. The third kappa shape index (κ3) is 2.26. The summed E-state index contributed by atoms with van der Waals surface area (Å²) in [6.45, 7) is 1.10. The average Bonchev–Trinajstić information content (AvgIpc) is 2.13. The maximum Gasteiger partial charge on any atom is 0.156 e. The van der Waals surface area contributed by atoms with Crippen molar-refractivity contribution >= 4 is 16.9 Å². The lowest BCUT2D eigenvalue weighted by Crippen LogP contribution is -2.19. The third-order valence-corrected chi connectivity index (χ3v) is 2.38. The van der Waals surface area contributed by atoms with Crippen molar-refractivity contribution in [2.75, 3.05) is 19.3 Å². The highest BCUT2D eigenvalue weighted by atomic mass is 32.2. The van der Waals surface area contributed by atoms with Crippen LogP contribution >= 0.6 is 11.8 Å². The maximum atomic E-state index is 4.08. The van der Waals surface area contributed by atoms with Gasteiger partial charge in [-0.2, -0.15) is 0 Å². The van der Waals surface area contributed by atoms with E-state index in [2.05, 4.69) is 10.3 Å². The molecule has 1 aliphatic heterocycles. The monoisotopic (exact) mass is 144 g/mol. The standard InChI is InChI=1S/C6H12N2S/c1-7-6-8-4-2-3-5-9-6/h2-5H2,1H3,(H,7,8). The Labute approximate surface area is 60.1 Å². The summed E-state index contributed by atoms with van der Waals surface area (Å²) in [7, 11) is 1.83. The van der Waals surface area contributed by atoms with E-state index in [1.54, 1.807) is 0 Å². The first-order valence-electron chi connectivity index (χ1n) is 3.27. The second-order valence-corrected chi connectivity index (χ2v) is 3.09. The van der Waals surface area contributed by atoms with Crippen LogP contribution in [0.15, 0.2) is 4.99 Å². The Hall–Kier alpha value is -0.180.